The number of aryl methyl sites for hydroxylation is 1. The van der Waals surface area contributed by atoms with Gasteiger partial charge in [0.1, 0.15) is 0 Å². The molecule has 96 valence electrons. The third-order valence-electron chi connectivity index (χ3n) is 2.36. The quantitative estimate of drug-likeness (QED) is 0.748. The summed E-state index contributed by atoms with van der Waals surface area (Å²) < 4.78 is 6.70. The summed E-state index contributed by atoms with van der Waals surface area (Å²) in [6, 6.07) is 0. The van der Waals surface area contributed by atoms with Gasteiger partial charge in [0.15, 0.2) is 5.69 Å². The lowest BCUT2D eigenvalue weighted by atomic mass is 10.1. The van der Waals surface area contributed by atoms with Crippen LogP contribution in [-0.2, 0) is 11.3 Å². The van der Waals surface area contributed by atoms with E-state index < -0.39 is 5.97 Å². The number of esters is 1. The molecule has 17 heavy (non-hydrogen) atoms. The highest BCUT2D eigenvalue weighted by atomic mass is 16.5. The third kappa shape index (κ3) is 3.26. The van der Waals surface area contributed by atoms with E-state index in [-0.39, 0.29) is 5.92 Å². The van der Waals surface area contributed by atoms with E-state index in [0.717, 1.165) is 12.1 Å². The zero-order chi connectivity index (χ0) is 12.8. The summed E-state index contributed by atoms with van der Waals surface area (Å²) >= 11 is 0. The van der Waals surface area contributed by atoms with E-state index in [2.05, 4.69) is 10.3 Å². The van der Waals surface area contributed by atoms with Gasteiger partial charge in [-0.05, 0) is 25.8 Å². The molecule has 1 aromatic heterocycles. The van der Waals surface area contributed by atoms with Gasteiger partial charge in [-0.15, -0.1) is 5.10 Å². The summed E-state index contributed by atoms with van der Waals surface area (Å²) in [6.45, 7) is 7.38. The molecule has 0 aliphatic rings. The number of rotatable bonds is 6. The highest BCUT2D eigenvalue weighted by Crippen LogP contribution is 2.18. The van der Waals surface area contributed by atoms with E-state index in [1.165, 1.54) is 0 Å². The predicted molar refractivity (Wildman–Crippen MR) is 63.7 cm³/mol. The van der Waals surface area contributed by atoms with Gasteiger partial charge in [-0.2, -0.15) is 0 Å². The van der Waals surface area contributed by atoms with Crippen molar-refractivity contribution in [1.82, 2.24) is 15.0 Å². The number of hydrogen-bond donors (Lipinski definition) is 1. The number of nitrogens with zero attached hydrogens (tertiary/aromatic N) is 3. The van der Waals surface area contributed by atoms with E-state index in [0.29, 0.717) is 25.4 Å². The number of ether oxygens (including phenoxy) is 1. The summed E-state index contributed by atoms with van der Waals surface area (Å²) in [5.74, 6) is -0.239. The molecule has 0 atom stereocenters. The fraction of sp³-hybridized carbons (Fsp3) is 0.727. The largest absolute Gasteiger partial charge is 0.461 e. The van der Waals surface area contributed by atoms with Crippen molar-refractivity contribution in [3.8, 4) is 0 Å². The van der Waals surface area contributed by atoms with Gasteiger partial charge in [-0.25, -0.2) is 9.48 Å². The predicted octanol–water partition coefficient (Wildman–Crippen LogP) is 0.927. The van der Waals surface area contributed by atoms with E-state index >= 15 is 0 Å². The molecule has 1 heterocycles. The molecule has 0 saturated heterocycles. The Hall–Kier alpha value is -1.43. The molecular weight excluding hydrogens is 220 g/mol. The lowest BCUT2D eigenvalue weighted by Gasteiger charge is -2.10. The molecule has 1 aromatic rings. The SMILES string of the molecule is CCOC(=O)c1nnn(CCCN)c1C(C)C. The second kappa shape index (κ2) is 6.34. The van der Waals surface area contributed by atoms with Crippen molar-refractivity contribution >= 4 is 5.97 Å². The first kappa shape index (κ1) is 13.6. The molecule has 6 nitrogen and oxygen atoms in total. The van der Waals surface area contributed by atoms with Crippen LogP contribution in [0.3, 0.4) is 0 Å². The summed E-state index contributed by atoms with van der Waals surface area (Å²) in [4.78, 5) is 11.7. The maximum Gasteiger partial charge on any atom is 0.360 e. The number of hydrogen-bond acceptors (Lipinski definition) is 5. The van der Waals surface area contributed by atoms with E-state index in [1.54, 1.807) is 11.6 Å². The molecule has 0 unspecified atom stereocenters. The first-order valence-electron chi connectivity index (χ1n) is 5.92. The monoisotopic (exact) mass is 240 g/mol. The second-order valence-corrected chi connectivity index (χ2v) is 4.06. The molecule has 0 amide bonds. The summed E-state index contributed by atoms with van der Waals surface area (Å²) in [5, 5.41) is 7.89. The molecule has 0 saturated carbocycles. The van der Waals surface area contributed by atoms with Crippen molar-refractivity contribution in [1.29, 1.82) is 0 Å². The van der Waals surface area contributed by atoms with E-state index in [9.17, 15) is 4.79 Å². The Balaban J connectivity index is 2.97. The Labute approximate surface area is 101 Å². The van der Waals surface area contributed by atoms with Crippen molar-refractivity contribution in [2.75, 3.05) is 13.2 Å². The topological polar surface area (TPSA) is 83.0 Å². The van der Waals surface area contributed by atoms with Crippen LogP contribution in [0.25, 0.3) is 0 Å². The van der Waals surface area contributed by atoms with Gasteiger partial charge in [0.25, 0.3) is 0 Å². The minimum atomic E-state index is -0.407. The first-order chi connectivity index (χ1) is 8.11. The smallest absolute Gasteiger partial charge is 0.360 e. The van der Waals surface area contributed by atoms with Crippen LogP contribution in [-0.4, -0.2) is 34.1 Å². The standard InChI is InChI=1S/C11H20N4O2/c1-4-17-11(16)9-10(8(2)3)15(14-13-9)7-5-6-12/h8H,4-7,12H2,1-3H3. The average molecular weight is 240 g/mol. The minimum absolute atomic E-state index is 0.169. The molecule has 0 aromatic carbocycles. The van der Waals surface area contributed by atoms with Gasteiger partial charge in [-0.3, -0.25) is 0 Å². The van der Waals surface area contributed by atoms with Crippen LogP contribution in [0.4, 0.5) is 0 Å². The maximum atomic E-state index is 11.7. The zero-order valence-corrected chi connectivity index (χ0v) is 10.6. The van der Waals surface area contributed by atoms with Crippen LogP contribution in [0.2, 0.25) is 0 Å². The molecular formula is C11H20N4O2. The minimum Gasteiger partial charge on any atom is -0.461 e. The fourth-order valence-electron chi connectivity index (χ4n) is 1.64. The van der Waals surface area contributed by atoms with Crippen LogP contribution in [0.15, 0.2) is 0 Å². The highest BCUT2D eigenvalue weighted by Gasteiger charge is 2.22. The summed E-state index contributed by atoms with van der Waals surface area (Å²) in [7, 11) is 0. The van der Waals surface area contributed by atoms with Crippen LogP contribution in [0.5, 0.6) is 0 Å². The van der Waals surface area contributed by atoms with Gasteiger partial charge in [-0.1, -0.05) is 19.1 Å². The van der Waals surface area contributed by atoms with E-state index in [4.69, 9.17) is 10.5 Å². The van der Waals surface area contributed by atoms with Gasteiger partial charge in [0.05, 0.1) is 12.3 Å². The van der Waals surface area contributed by atoms with Crippen LogP contribution in [0.1, 0.15) is 49.3 Å². The molecule has 0 bridgehead atoms. The third-order valence-corrected chi connectivity index (χ3v) is 2.36. The Morgan fingerprint density at radius 1 is 1.53 bits per heavy atom. The fourth-order valence-corrected chi connectivity index (χ4v) is 1.64. The van der Waals surface area contributed by atoms with Crippen LogP contribution >= 0.6 is 0 Å². The normalized spacial score (nSPS) is 10.9. The number of aromatic nitrogens is 3. The Bertz CT molecular complexity index is 374. The highest BCUT2D eigenvalue weighted by molar-refractivity contribution is 5.88. The first-order valence-corrected chi connectivity index (χ1v) is 5.92. The molecule has 0 radical (unpaired) electrons. The maximum absolute atomic E-state index is 11.7. The van der Waals surface area contributed by atoms with Crippen LogP contribution in [0, 0.1) is 0 Å². The molecule has 0 fully saturated rings. The van der Waals surface area contributed by atoms with Crippen molar-refractivity contribution in [3.63, 3.8) is 0 Å². The summed E-state index contributed by atoms with van der Waals surface area (Å²) in [5.41, 5.74) is 6.60. The van der Waals surface area contributed by atoms with E-state index in [1.807, 2.05) is 13.8 Å². The lowest BCUT2D eigenvalue weighted by Crippen LogP contribution is -2.14. The molecule has 1 rings (SSSR count). The van der Waals surface area contributed by atoms with Crippen LogP contribution < -0.4 is 5.73 Å². The number of carbonyl (C=O) groups excluding carboxylic acids is 1. The Morgan fingerprint density at radius 3 is 2.76 bits per heavy atom. The molecule has 0 aliphatic carbocycles. The molecule has 2 N–H and O–H groups in total. The Kier molecular flexibility index (Phi) is 5.09. The Morgan fingerprint density at radius 2 is 2.24 bits per heavy atom. The van der Waals surface area contributed by atoms with Gasteiger partial charge in [0, 0.05) is 6.54 Å². The lowest BCUT2D eigenvalue weighted by molar-refractivity contribution is 0.0517. The van der Waals surface area contributed by atoms with Crippen molar-refractivity contribution in [2.24, 2.45) is 5.73 Å². The second-order valence-electron chi connectivity index (χ2n) is 4.06. The number of carbonyl (C=O) groups is 1. The average Bonchev–Trinajstić information content (AvgIpc) is 2.70. The summed E-state index contributed by atoms with van der Waals surface area (Å²) in [6.07, 6.45) is 0.811. The van der Waals surface area contributed by atoms with Gasteiger partial charge >= 0.3 is 5.97 Å². The van der Waals surface area contributed by atoms with Gasteiger partial charge in [0.2, 0.25) is 0 Å². The van der Waals surface area contributed by atoms with Crippen molar-refractivity contribution < 1.29 is 9.53 Å². The zero-order valence-electron chi connectivity index (χ0n) is 10.6. The van der Waals surface area contributed by atoms with Crippen molar-refractivity contribution in [3.05, 3.63) is 11.4 Å². The van der Waals surface area contributed by atoms with Gasteiger partial charge < -0.3 is 10.5 Å². The molecule has 6 heteroatoms. The van der Waals surface area contributed by atoms with Crippen molar-refractivity contribution in [2.45, 2.75) is 39.7 Å². The molecule has 0 spiro atoms. The number of nitrogens with two attached hydrogens (primary N) is 1. The molecule has 0 aliphatic heterocycles.